The molecule has 4 heteroatoms. The van der Waals surface area contributed by atoms with Crippen LogP contribution in [-0.2, 0) is 11.8 Å². The molecule has 2 aromatic carbocycles. The van der Waals surface area contributed by atoms with E-state index < -0.39 is 0 Å². The molecule has 26 heavy (non-hydrogen) atoms. The number of pyridine rings is 1. The van der Waals surface area contributed by atoms with E-state index in [2.05, 4.69) is 70.6 Å². The Morgan fingerprint density at radius 3 is 2.69 bits per heavy atom. The molecule has 4 rings (SSSR count). The Bertz CT molecular complexity index is 1020. The van der Waals surface area contributed by atoms with E-state index in [-0.39, 0.29) is 5.41 Å². The highest BCUT2D eigenvalue weighted by molar-refractivity contribution is 5.92. The van der Waals surface area contributed by atoms with E-state index >= 15 is 0 Å². The van der Waals surface area contributed by atoms with Gasteiger partial charge in [0.15, 0.2) is 5.65 Å². The molecular weight excluding hydrogens is 320 g/mol. The Kier molecular flexibility index (Phi) is 4.27. The van der Waals surface area contributed by atoms with Gasteiger partial charge in [-0.15, -0.1) is 0 Å². The molecular formula is C22H22N4. The summed E-state index contributed by atoms with van der Waals surface area (Å²) >= 11 is 0. The van der Waals surface area contributed by atoms with Gasteiger partial charge >= 0.3 is 0 Å². The first kappa shape index (κ1) is 16.5. The number of benzene rings is 2. The van der Waals surface area contributed by atoms with Gasteiger partial charge in [-0.2, -0.15) is 5.10 Å². The highest BCUT2D eigenvalue weighted by atomic mass is 15.1. The van der Waals surface area contributed by atoms with Crippen molar-refractivity contribution >= 4 is 11.0 Å². The molecule has 0 aliphatic heterocycles. The van der Waals surface area contributed by atoms with E-state index in [4.69, 9.17) is 5.73 Å². The van der Waals surface area contributed by atoms with Crippen LogP contribution >= 0.6 is 0 Å². The Hall–Kier alpha value is -2.98. The summed E-state index contributed by atoms with van der Waals surface area (Å²) in [4.78, 5) is 4.33. The second kappa shape index (κ2) is 6.73. The van der Waals surface area contributed by atoms with Crippen molar-refractivity contribution in [2.24, 2.45) is 5.73 Å². The van der Waals surface area contributed by atoms with Crippen LogP contribution in [0.1, 0.15) is 18.1 Å². The molecule has 0 aliphatic rings. The maximum atomic E-state index is 6.22. The Morgan fingerprint density at radius 1 is 1.04 bits per heavy atom. The summed E-state index contributed by atoms with van der Waals surface area (Å²) < 4.78 is 0. The molecule has 130 valence electrons. The first-order chi connectivity index (χ1) is 12.7. The second-order valence-electron chi connectivity index (χ2n) is 7.00. The largest absolute Gasteiger partial charge is 0.330 e. The van der Waals surface area contributed by atoms with Gasteiger partial charge in [-0.05, 0) is 34.7 Å². The number of hydrogen-bond donors (Lipinski definition) is 2. The highest BCUT2D eigenvalue weighted by Crippen LogP contribution is 2.32. The van der Waals surface area contributed by atoms with E-state index in [9.17, 15) is 0 Å². The maximum Gasteiger partial charge on any atom is 0.155 e. The van der Waals surface area contributed by atoms with Crippen molar-refractivity contribution in [2.45, 2.75) is 18.8 Å². The molecule has 0 spiro atoms. The first-order valence-corrected chi connectivity index (χ1v) is 8.83. The zero-order chi connectivity index (χ0) is 18.0. The van der Waals surface area contributed by atoms with Crippen molar-refractivity contribution < 1.29 is 0 Å². The van der Waals surface area contributed by atoms with Gasteiger partial charge in [-0.3, -0.25) is 5.10 Å². The predicted octanol–water partition coefficient (Wildman–Crippen LogP) is 4.08. The standard InChI is InChI=1S/C22H22N4/c1-22(15-23,13-16-6-3-2-4-7-16)18-9-5-8-17(12-18)19-10-11-24-21-20(19)14-25-26-21/h2-12,14H,13,15,23H2,1H3,(H,24,25,26). The van der Waals surface area contributed by atoms with Gasteiger partial charge < -0.3 is 5.73 Å². The van der Waals surface area contributed by atoms with Gasteiger partial charge in [-0.1, -0.05) is 61.5 Å². The van der Waals surface area contributed by atoms with Crippen LogP contribution in [0.2, 0.25) is 0 Å². The number of hydrogen-bond acceptors (Lipinski definition) is 3. The van der Waals surface area contributed by atoms with E-state index in [0.717, 1.165) is 28.6 Å². The number of nitrogens with one attached hydrogen (secondary N) is 1. The third-order valence-electron chi connectivity index (χ3n) is 5.11. The zero-order valence-electron chi connectivity index (χ0n) is 14.8. The molecule has 2 heterocycles. The molecule has 2 aromatic heterocycles. The van der Waals surface area contributed by atoms with Crippen molar-refractivity contribution in [1.29, 1.82) is 0 Å². The molecule has 0 saturated heterocycles. The minimum absolute atomic E-state index is 0.125. The van der Waals surface area contributed by atoms with Crippen LogP contribution < -0.4 is 5.73 Å². The number of H-pyrrole nitrogens is 1. The summed E-state index contributed by atoms with van der Waals surface area (Å²) in [5, 5.41) is 8.09. The lowest BCUT2D eigenvalue weighted by Crippen LogP contribution is -2.34. The lowest BCUT2D eigenvalue weighted by atomic mass is 9.76. The van der Waals surface area contributed by atoms with Gasteiger partial charge in [0, 0.05) is 23.5 Å². The summed E-state index contributed by atoms with van der Waals surface area (Å²) in [6, 6.07) is 21.2. The maximum absolute atomic E-state index is 6.22. The number of aromatic nitrogens is 3. The molecule has 0 saturated carbocycles. The summed E-state index contributed by atoms with van der Waals surface area (Å²) in [7, 11) is 0. The lowest BCUT2D eigenvalue weighted by molar-refractivity contribution is 0.481. The number of fused-ring (bicyclic) bond motifs is 1. The molecule has 4 aromatic rings. The highest BCUT2D eigenvalue weighted by Gasteiger charge is 2.26. The van der Waals surface area contributed by atoms with E-state index in [1.807, 2.05) is 24.5 Å². The number of nitrogens with two attached hydrogens (primary N) is 1. The average molecular weight is 342 g/mol. The van der Waals surface area contributed by atoms with Gasteiger partial charge in [-0.25, -0.2) is 4.98 Å². The average Bonchev–Trinajstić information content (AvgIpc) is 3.17. The smallest absolute Gasteiger partial charge is 0.155 e. The second-order valence-corrected chi connectivity index (χ2v) is 7.00. The Morgan fingerprint density at radius 2 is 1.88 bits per heavy atom. The molecule has 0 amide bonds. The quantitative estimate of drug-likeness (QED) is 0.574. The van der Waals surface area contributed by atoms with Crippen molar-refractivity contribution in [1.82, 2.24) is 15.2 Å². The van der Waals surface area contributed by atoms with Gasteiger partial charge in [0.2, 0.25) is 0 Å². The minimum atomic E-state index is -0.125. The fourth-order valence-corrected chi connectivity index (χ4v) is 3.50. The van der Waals surface area contributed by atoms with Gasteiger partial charge in [0.1, 0.15) is 0 Å². The molecule has 0 fully saturated rings. The van der Waals surface area contributed by atoms with Crippen LogP contribution in [0.5, 0.6) is 0 Å². The first-order valence-electron chi connectivity index (χ1n) is 8.83. The lowest BCUT2D eigenvalue weighted by Gasteiger charge is -2.29. The molecule has 0 bridgehead atoms. The number of rotatable bonds is 5. The Balaban J connectivity index is 1.76. The fraction of sp³-hybridized carbons (Fsp3) is 0.182. The topological polar surface area (TPSA) is 67.6 Å². The minimum Gasteiger partial charge on any atom is -0.330 e. The van der Waals surface area contributed by atoms with E-state index in [1.54, 1.807) is 0 Å². The number of nitrogens with zero attached hydrogens (tertiary/aromatic N) is 2. The van der Waals surface area contributed by atoms with Gasteiger partial charge in [0.05, 0.1) is 6.20 Å². The van der Waals surface area contributed by atoms with Crippen molar-refractivity contribution in [3.05, 3.63) is 84.2 Å². The van der Waals surface area contributed by atoms with E-state index in [1.165, 1.54) is 11.1 Å². The molecule has 3 N–H and O–H groups in total. The third-order valence-corrected chi connectivity index (χ3v) is 5.11. The molecule has 0 radical (unpaired) electrons. The van der Waals surface area contributed by atoms with Crippen LogP contribution in [0.25, 0.3) is 22.2 Å². The summed E-state index contributed by atoms with van der Waals surface area (Å²) in [5.41, 5.74) is 11.7. The Labute approximate surface area is 153 Å². The van der Waals surface area contributed by atoms with Gasteiger partial charge in [0.25, 0.3) is 0 Å². The molecule has 1 atom stereocenters. The van der Waals surface area contributed by atoms with Crippen LogP contribution in [0.15, 0.2) is 73.1 Å². The van der Waals surface area contributed by atoms with Crippen molar-refractivity contribution in [2.75, 3.05) is 6.54 Å². The molecule has 0 aliphatic carbocycles. The van der Waals surface area contributed by atoms with Crippen molar-refractivity contribution in [3.8, 4) is 11.1 Å². The van der Waals surface area contributed by atoms with Crippen LogP contribution in [0, 0.1) is 0 Å². The summed E-state index contributed by atoms with van der Waals surface area (Å²) in [5.74, 6) is 0. The monoisotopic (exact) mass is 342 g/mol. The molecule has 4 nitrogen and oxygen atoms in total. The third kappa shape index (κ3) is 3.00. The summed E-state index contributed by atoms with van der Waals surface area (Å²) in [6.07, 6.45) is 4.55. The van der Waals surface area contributed by atoms with Crippen LogP contribution in [-0.4, -0.2) is 21.7 Å². The molecule has 1 unspecified atom stereocenters. The fourth-order valence-electron chi connectivity index (χ4n) is 3.50. The predicted molar refractivity (Wildman–Crippen MR) is 106 cm³/mol. The zero-order valence-corrected chi connectivity index (χ0v) is 14.8. The SMILES string of the molecule is CC(CN)(Cc1ccccc1)c1cccc(-c2ccnc3[nH]ncc23)c1. The van der Waals surface area contributed by atoms with Crippen LogP contribution in [0.4, 0.5) is 0 Å². The van der Waals surface area contributed by atoms with E-state index in [0.29, 0.717) is 6.54 Å². The number of aromatic amines is 1. The normalized spacial score (nSPS) is 13.6. The van der Waals surface area contributed by atoms with Crippen LogP contribution in [0.3, 0.4) is 0 Å². The van der Waals surface area contributed by atoms with Crippen molar-refractivity contribution in [3.63, 3.8) is 0 Å². The summed E-state index contributed by atoms with van der Waals surface area (Å²) in [6.45, 7) is 2.82.